The standard InChI is InChI=1S/C17H19N3O3/c1-11(15(21)19-10-12-6-4-5-9-18-12)20-16(22)13-7-2-3-8-14(13)17(20)23/h2-6,9,11,13-14H,7-8,10H2,1H3,(H,19,21). The number of nitrogens with one attached hydrogen (secondary N) is 1. The van der Waals surface area contributed by atoms with Crippen LogP contribution < -0.4 is 5.32 Å². The lowest BCUT2D eigenvalue weighted by atomic mass is 9.85. The van der Waals surface area contributed by atoms with Crippen LogP contribution in [-0.2, 0) is 20.9 Å². The summed E-state index contributed by atoms with van der Waals surface area (Å²) in [6.45, 7) is 1.86. The highest BCUT2D eigenvalue weighted by Gasteiger charge is 2.49. The average molecular weight is 313 g/mol. The summed E-state index contributed by atoms with van der Waals surface area (Å²) in [7, 11) is 0. The summed E-state index contributed by atoms with van der Waals surface area (Å²) in [6, 6.07) is 4.63. The SMILES string of the molecule is CC(C(=O)NCc1ccccn1)N1C(=O)C2CC=CCC2C1=O. The quantitative estimate of drug-likeness (QED) is 0.665. The fraction of sp³-hybridized carbons (Fsp3) is 0.412. The first-order valence-electron chi connectivity index (χ1n) is 7.79. The number of hydrogen-bond donors (Lipinski definition) is 1. The molecule has 1 N–H and O–H groups in total. The maximum absolute atomic E-state index is 12.4. The minimum absolute atomic E-state index is 0.232. The van der Waals surface area contributed by atoms with Crippen LogP contribution in [0.5, 0.6) is 0 Å². The van der Waals surface area contributed by atoms with E-state index in [1.165, 1.54) is 0 Å². The summed E-state index contributed by atoms with van der Waals surface area (Å²) in [5, 5.41) is 2.73. The van der Waals surface area contributed by atoms with Gasteiger partial charge in [0.1, 0.15) is 6.04 Å². The third kappa shape index (κ3) is 2.88. The van der Waals surface area contributed by atoms with Crippen LogP contribution in [-0.4, -0.2) is 33.6 Å². The topological polar surface area (TPSA) is 79.4 Å². The van der Waals surface area contributed by atoms with Gasteiger partial charge in [0.15, 0.2) is 0 Å². The molecule has 0 saturated carbocycles. The molecule has 1 aliphatic heterocycles. The Morgan fingerprint density at radius 1 is 1.26 bits per heavy atom. The highest BCUT2D eigenvalue weighted by Crippen LogP contribution is 2.36. The first-order valence-corrected chi connectivity index (χ1v) is 7.79. The van der Waals surface area contributed by atoms with Crippen LogP contribution in [0.3, 0.4) is 0 Å². The molecule has 1 aromatic rings. The third-order valence-corrected chi connectivity index (χ3v) is 4.48. The van der Waals surface area contributed by atoms with Gasteiger partial charge >= 0.3 is 0 Å². The van der Waals surface area contributed by atoms with E-state index in [2.05, 4.69) is 10.3 Å². The van der Waals surface area contributed by atoms with Crippen molar-refractivity contribution in [1.29, 1.82) is 0 Å². The summed E-state index contributed by atoms with van der Waals surface area (Å²) < 4.78 is 0. The van der Waals surface area contributed by atoms with Crippen molar-refractivity contribution in [3.8, 4) is 0 Å². The molecule has 0 bridgehead atoms. The van der Waals surface area contributed by atoms with E-state index in [1.54, 1.807) is 25.3 Å². The van der Waals surface area contributed by atoms with Crippen LogP contribution in [0.15, 0.2) is 36.5 Å². The summed E-state index contributed by atoms with van der Waals surface area (Å²) in [4.78, 5) is 42.5. The van der Waals surface area contributed by atoms with Crippen molar-refractivity contribution in [3.05, 3.63) is 42.2 Å². The van der Waals surface area contributed by atoms with E-state index < -0.39 is 6.04 Å². The Bertz CT molecular complexity index is 630. The molecule has 3 rings (SSSR count). The number of likely N-dealkylation sites (tertiary alicyclic amines) is 1. The molecular weight excluding hydrogens is 294 g/mol. The van der Waals surface area contributed by atoms with E-state index >= 15 is 0 Å². The van der Waals surface area contributed by atoms with Crippen molar-refractivity contribution < 1.29 is 14.4 Å². The highest BCUT2D eigenvalue weighted by molar-refractivity contribution is 6.08. The number of amides is 3. The van der Waals surface area contributed by atoms with Gasteiger partial charge in [-0.1, -0.05) is 18.2 Å². The van der Waals surface area contributed by atoms with Crippen LogP contribution in [0.2, 0.25) is 0 Å². The molecule has 2 heterocycles. The smallest absolute Gasteiger partial charge is 0.243 e. The van der Waals surface area contributed by atoms with Gasteiger partial charge in [-0.2, -0.15) is 0 Å². The molecule has 2 aliphatic rings. The number of fused-ring (bicyclic) bond motifs is 1. The lowest BCUT2D eigenvalue weighted by Crippen LogP contribution is -2.48. The zero-order valence-electron chi connectivity index (χ0n) is 12.9. The van der Waals surface area contributed by atoms with Crippen LogP contribution in [0.25, 0.3) is 0 Å². The van der Waals surface area contributed by atoms with Crippen molar-refractivity contribution in [2.75, 3.05) is 0 Å². The molecule has 120 valence electrons. The fourth-order valence-electron chi connectivity index (χ4n) is 3.15. The molecule has 0 spiro atoms. The zero-order valence-corrected chi connectivity index (χ0v) is 12.9. The number of carbonyl (C=O) groups excluding carboxylic acids is 3. The van der Waals surface area contributed by atoms with Gasteiger partial charge in [0.2, 0.25) is 17.7 Å². The van der Waals surface area contributed by atoms with Gasteiger partial charge in [-0.05, 0) is 31.9 Å². The Morgan fingerprint density at radius 3 is 2.48 bits per heavy atom. The van der Waals surface area contributed by atoms with Gasteiger partial charge in [0.25, 0.3) is 0 Å². The van der Waals surface area contributed by atoms with Gasteiger partial charge < -0.3 is 5.32 Å². The first kappa shape index (κ1) is 15.4. The summed E-state index contributed by atoms with van der Waals surface area (Å²) in [5.41, 5.74) is 0.727. The van der Waals surface area contributed by atoms with Crippen molar-refractivity contribution >= 4 is 17.7 Å². The Labute approximate surface area is 134 Å². The van der Waals surface area contributed by atoms with Crippen molar-refractivity contribution in [1.82, 2.24) is 15.2 Å². The lowest BCUT2D eigenvalue weighted by molar-refractivity contribution is -0.147. The Balaban J connectivity index is 1.65. The van der Waals surface area contributed by atoms with Crippen molar-refractivity contribution in [2.45, 2.75) is 32.4 Å². The number of pyridine rings is 1. The zero-order chi connectivity index (χ0) is 16.4. The van der Waals surface area contributed by atoms with Gasteiger partial charge in [-0.15, -0.1) is 0 Å². The number of carbonyl (C=O) groups is 3. The summed E-state index contributed by atoms with van der Waals surface area (Å²) in [6.07, 6.45) is 6.67. The Morgan fingerprint density at radius 2 is 1.91 bits per heavy atom. The van der Waals surface area contributed by atoms with Gasteiger partial charge in [0, 0.05) is 6.20 Å². The highest BCUT2D eigenvalue weighted by atomic mass is 16.2. The fourth-order valence-corrected chi connectivity index (χ4v) is 3.15. The van der Waals surface area contributed by atoms with Gasteiger partial charge in [-0.3, -0.25) is 24.3 Å². The van der Waals surface area contributed by atoms with E-state index in [0.29, 0.717) is 12.8 Å². The molecule has 3 atom stereocenters. The van der Waals surface area contributed by atoms with E-state index in [4.69, 9.17) is 0 Å². The van der Waals surface area contributed by atoms with Crippen LogP contribution >= 0.6 is 0 Å². The molecule has 6 heteroatoms. The lowest BCUT2D eigenvalue weighted by Gasteiger charge is -2.22. The number of nitrogens with zero attached hydrogens (tertiary/aromatic N) is 2. The molecule has 3 amide bonds. The monoisotopic (exact) mass is 313 g/mol. The second-order valence-corrected chi connectivity index (χ2v) is 5.92. The van der Waals surface area contributed by atoms with E-state index in [-0.39, 0.29) is 36.1 Å². The van der Waals surface area contributed by atoms with Crippen LogP contribution in [0.1, 0.15) is 25.5 Å². The number of aromatic nitrogens is 1. The van der Waals surface area contributed by atoms with E-state index in [1.807, 2.05) is 18.2 Å². The van der Waals surface area contributed by atoms with Gasteiger partial charge in [-0.25, -0.2) is 0 Å². The van der Waals surface area contributed by atoms with E-state index in [9.17, 15) is 14.4 Å². The molecule has 1 saturated heterocycles. The van der Waals surface area contributed by atoms with Crippen molar-refractivity contribution in [3.63, 3.8) is 0 Å². The second kappa shape index (κ2) is 6.32. The number of allylic oxidation sites excluding steroid dienone is 2. The summed E-state index contributed by atoms with van der Waals surface area (Å²) >= 11 is 0. The molecular formula is C17H19N3O3. The number of hydrogen-bond acceptors (Lipinski definition) is 4. The largest absolute Gasteiger partial charge is 0.349 e. The molecule has 23 heavy (non-hydrogen) atoms. The second-order valence-electron chi connectivity index (χ2n) is 5.92. The molecule has 0 aromatic carbocycles. The predicted octanol–water partition coefficient (Wildman–Crippen LogP) is 1.04. The average Bonchev–Trinajstić information content (AvgIpc) is 2.84. The normalized spacial score (nSPS) is 24.5. The minimum atomic E-state index is -0.802. The number of imide groups is 1. The van der Waals surface area contributed by atoms with Crippen LogP contribution in [0, 0.1) is 11.8 Å². The third-order valence-electron chi connectivity index (χ3n) is 4.48. The molecule has 1 aliphatic carbocycles. The maximum atomic E-state index is 12.4. The van der Waals surface area contributed by atoms with Crippen molar-refractivity contribution in [2.24, 2.45) is 11.8 Å². The Kier molecular flexibility index (Phi) is 4.23. The van der Waals surface area contributed by atoms with Gasteiger partial charge in [0.05, 0.1) is 24.1 Å². The predicted molar refractivity (Wildman–Crippen MR) is 82.8 cm³/mol. The molecule has 0 radical (unpaired) electrons. The summed E-state index contributed by atoms with van der Waals surface area (Å²) in [5.74, 6) is -1.42. The Hall–Kier alpha value is -2.50. The molecule has 1 aromatic heterocycles. The first-order chi connectivity index (χ1) is 11.1. The minimum Gasteiger partial charge on any atom is -0.349 e. The number of rotatable bonds is 4. The molecule has 6 nitrogen and oxygen atoms in total. The van der Waals surface area contributed by atoms with E-state index in [0.717, 1.165) is 10.6 Å². The molecule has 1 fully saturated rings. The van der Waals surface area contributed by atoms with Crippen LogP contribution in [0.4, 0.5) is 0 Å². The molecule has 3 unspecified atom stereocenters. The maximum Gasteiger partial charge on any atom is 0.243 e.